The van der Waals surface area contributed by atoms with Gasteiger partial charge < -0.3 is 22.1 Å². The molecule has 0 aliphatic carbocycles. The molecule has 92 valence electrons. The van der Waals surface area contributed by atoms with E-state index in [9.17, 15) is 4.79 Å². The number of hydrogen-bond acceptors (Lipinski definition) is 4. The number of amides is 2. The van der Waals surface area contributed by atoms with Crippen LogP contribution in [0.15, 0.2) is 12.3 Å². The first-order valence-electron chi connectivity index (χ1n) is 5.37. The predicted octanol–water partition coefficient (Wildman–Crippen LogP) is -0.0153. The summed E-state index contributed by atoms with van der Waals surface area (Å²) >= 11 is 0. The first-order valence-corrected chi connectivity index (χ1v) is 5.37. The number of aromatic nitrogens is 2. The van der Waals surface area contributed by atoms with Crippen molar-refractivity contribution in [2.24, 2.45) is 5.73 Å². The molecule has 0 bridgehead atoms. The number of urea groups is 1. The van der Waals surface area contributed by atoms with E-state index in [0.29, 0.717) is 11.5 Å². The normalized spacial score (nSPS) is 19.9. The van der Waals surface area contributed by atoms with E-state index in [1.807, 2.05) is 13.8 Å². The lowest BCUT2D eigenvalue weighted by molar-refractivity contribution is 0.241. The number of nitrogen functional groups attached to an aromatic ring is 1. The van der Waals surface area contributed by atoms with E-state index in [4.69, 9.17) is 11.5 Å². The Balaban J connectivity index is 2.37. The zero-order chi connectivity index (χ0) is 12.6. The van der Waals surface area contributed by atoms with Crippen LogP contribution in [0, 0.1) is 0 Å². The minimum Gasteiger partial charge on any atom is -0.384 e. The smallest absolute Gasteiger partial charge is 0.320 e. The van der Waals surface area contributed by atoms with Crippen LogP contribution in [-0.4, -0.2) is 22.0 Å². The lowest BCUT2D eigenvalue weighted by Crippen LogP contribution is -2.51. The minimum absolute atomic E-state index is 0.279. The second-order valence-electron chi connectivity index (χ2n) is 4.23. The van der Waals surface area contributed by atoms with Crippen LogP contribution in [0.1, 0.15) is 25.5 Å². The first-order chi connectivity index (χ1) is 7.99. The van der Waals surface area contributed by atoms with Crippen molar-refractivity contribution in [3.8, 4) is 0 Å². The molecule has 7 heteroatoms. The number of carbonyl (C=O) groups is 1. The van der Waals surface area contributed by atoms with Crippen molar-refractivity contribution in [1.29, 1.82) is 0 Å². The molecule has 1 aliphatic rings. The van der Waals surface area contributed by atoms with E-state index >= 15 is 0 Å². The summed E-state index contributed by atoms with van der Waals surface area (Å²) in [6.45, 7) is 4.06. The third-order valence-electron chi connectivity index (χ3n) is 2.55. The molecular formula is C10H16N6O. The Bertz CT molecular complexity index is 475. The van der Waals surface area contributed by atoms with Crippen molar-refractivity contribution in [1.82, 2.24) is 20.4 Å². The molecule has 1 aromatic rings. The van der Waals surface area contributed by atoms with Crippen LogP contribution >= 0.6 is 0 Å². The van der Waals surface area contributed by atoms with Gasteiger partial charge in [0.25, 0.3) is 0 Å². The van der Waals surface area contributed by atoms with Crippen molar-refractivity contribution >= 4 is 17.5 Å². The molecule has 7 nitrogen and oxygen atoms in total. The molecule has 1 aromatic heterocycles. The fourth-order valence-electron chi connectivity index (χ4n) is 1.58. The molecule has 1 atom stereocenters. The summed E-state index contributed by atoms with van der Waals surface area (Å²) < 4.78 is 1.53. The topological polar surface area (TPSA) is 111 Å². The quantitative estimate of drug-likeness (QED) is 0.578. The second-order valence-corrected chi connectivity index (χ2v) is 4.23. The highest BCUT2D eigenvalue weighted by Gasteiger charge is 2.22. The van der Waals surface area contributed by atoms with Crippen LogP contribution in [0.2, 0.25) is 0 Å². The summed E-state index contributed by atoms with van der Waals surface area (Å²) in [6, 6.07) is 1.46. The lowest BCUT2D eigenvalue weighted by atomic mass is 10.1. The standard InChI is InChI=1S/C10H16N6O/c1-5(2)6-3-8(11)16(15-6)7-4-13-10(17)14-9(7)12/h3-5,9H,11-12H2,1-2H3,(H2,13,14,17). The van der Waals surface area contributed by atoms with E-state index in [2.05, 4.69) is 15.7 Å². The Labute approximate surface area is 98.8 Å². The number of nitrogens with one attached hydrogen (secondary N) is 2. The molecule has 1 aliphatic heterocycles. The first kappa shape index (κ1) is 11.5. The van der Waals surface area contributed by atoms with Crippen LogP contribution in [0.25, 0.3) is 5.70 Å². The Morgan fingerprint density at radius 3 is 2.76 bits per heavy atom. The van der Waals surface area contributed by atoms with Gasteiger partial charge in [-0.3, -0.25) is 0 Å². The van der Waals surface area contributed by atoms with Gasteiger partial charge in [-0.1, -0.05) is 13.8 Å². The Kier molecular flexibility index (Phi) is 2.76. The zero-order valence-electron chi connectivity index (χ0n) is 9.77. The molecule has 0 radical (unpaired) electrons. The molecule has 17 heavy (non-hydrogen) atoms. The largest absolute Gasteiger partial charge is 0.384 e. The number of nitrogens with two attached hydrogens (primary N) is 2. The number of anilines is 1. The molecule has 6 N–H and O–H groups in total. The summed E-state index contributed by atoms with van der Waals surface area (Å²) in [6.07, 6.45) is 0.891. The molecule has 0 aromatic carbocycles. The summed E-state index contributed by atoms with van der Waals surface area (Å²) in [5.74, 6) is 0.773. The Morgan fingerprint density at radius 1 is 1.53 bits per heavy atom. The summed E-state index contributed by atoms with van der Waals surface area (Å²) in [5, 5.41) is 9.42. The SMILES string of the molecule is CC(C)c1cc(N)n(C2=CNC(=O)NC2N)n1. The zero-order valence-corrected chi connectivity index (χ0v) is 9.77. The Morgan fingerprint density at radius 2 is 2.24 bits per heavy atom. The van der Waals surface area contributed by atoms with Crippen molar-refractivity contribution in [2.75, 3.05) is 5.73 Å². The van der Waals surface area contributed by atoms with Gasteiger partial charge in [0.05, 0.1) is 11.4 Å². The van der Waals surface area contributed by atoms with Gasteiger partial charge in [-0.2, -0.15) is 5.10 Å². The van der Waals surface area contributed by atoms with E-state index in [-0.39, 0.29) is 11.9 Å². The number of nitrogens with zero attached hydrogens (tertiary/aromatic N) is 2. The highest BCUT2D eigenvalue weighted by atomic mass is 16.2. The highest BCUT2D eigenvalue weighted by molar-refractivity contribution is 5.81. The number of rotatable bonds is 2. The maximum atomic E-state index is 11.0. The van der Waals surface area contributed by atoms with Crippen LogP contribution in [-0.2, 0) is 0 Å². The molecular weight excluding hydrogens is 220 g/mol. The molecule has 2 heterocycles. The molecule has 0 saturated carbocycles. The molecule has 0 fully saturated rings. The molecule has 2 amide bonds. The third kappa shape index (κ3) is 2.09. The van der Waals surface area contributed by atoms with Gasteiger partial charge >= 0.3 is 6.03 Å². The maximum Gasteiger partial charge on any atom is 0.320 e. The minimum atomic E-state index is -0.619. The van der Waals surface area contributed by atoms with Crippen molar-refractivity contribution in [2.45, 2.75) is 25.9 Å². The number of carbonyl (C=O) groups excluding carboxylic acids is 1. The van der Waals surface area contributed by atoms with Gasteiger partial charge in [0.1, 0.15) is 12.0 Å². The molecule has 0 saturated heterocycles. The van der Waals surface area contributed by atoms with Gasteiger partial charge in [0.2, 0.25) is 0 Å². The molecule has 1 unspecified atom stereocenters. The average molecular weight is 236 g/mol. The van der Waals surface area contributed by atoms with Crippen molar-refractivity contribution < 1.29 is 4.79 Å². The summed E-state index contributed by atoms with van der Waals surface area (Å²) in [7, 11) is 0. The highest BCUT2D eigenvalue weighted by Crippen LogP contribution is 2.20. The van der Waals surface area contributed by atoms with E-state index in [1.54, 1.807) is 6.07 Å². The maximum absolute atomic E-state index is 11.0. The molecule has 0 spiro atoms. The third-order valence-corrected chi connectivity index (χ3v) is 2.55. The van der Waals surface area contributed by atoms with E-state index in [0.717, 1.165) is 5.69 Å². The Hall–Kier alpha value is -2.02. The predicted molar refractivity (Wildman–Crippen MR) is 64.6 cm³/mol. The molecule has 2 rings (SSSR count). The van der Waals surface area contributed by atoms with Crippen LogP contribution in [0.3, 0.4) is 0 Å². The van der Waals surface area contributed by atoms with Crippen LogP contribution in [0.5, 0.6) is 0 Å². The summed E-state index contributed by atoms with van der Waals surface area (Å²) in [5.41, 5.74) is 13.2. The fourth-order valence-corrected chi connectivity index (χ4v) is 1.58. The second kappa shape index (κ2) is 4.10. The average Bonchev–Trinajstić information content (AvgIpc) is 2.61. The van der Waals surface area contributed by atoms with Gasteiger partial charge in [-0.15, -0.1) is 0 Å². The van der Waals surface area contributed by atoms with Crippen molar-refractivity contribution in [3.63, 3.8) is 0 Å². The van der Waals surface area contributed by atoms with Crippen LogP contribution in [0.4, 0.5) is 10.6 Å². The fraction of sp³-hybridized carbons (Fsp3) is 0.400. The van der Waals surface area contributed by atoms with E-state index < -0.39 is 6.17 Å². The van der Waals surface area contributed by atoms with E-state index in [1.165, 1.54) is 10.9 Å². The lowest BCUT2D eigenvalue weighted by Gasteiger charge is -2.22. The number of hydrogen-bond donors (Lipinski definition) is 4. The van der Waals surface area contributed by atoms with Gasteiger partial charge in [0.15, 0.2) is 0 Å². The monoisotopic (exact) mass is 236 g/mol. The van der Waals surface area contributed by atoms with Gasteiger partial charge in [0, 0.05) is 12.3 Å². The van der Waals surface area contributed by atoms with Gasteiger partial charge in [-0.25, -0.2) is 9.48 Å². The summed E-state index contributed by atoms with van der Waals surface area (Å²) in [4.78, 5) is 11.0. The van der Waals surface area contributed by atoms with Gasteiger partial charge in [-0.05, 0) is 5.92 Å². The van der Waals surface area contributed by atoms with Crippen molar-refractivity contribution in [3.05, 3.63) is 18.0 Å². The van der Waals surface area contributed by atoms with Crippen LogP contribution < -0.4 is 22.1 Å².